The summed E-state index contributed by atoms with van der Waals surface area (Å²) in [6.07, 6.45) is -0.902. The summed E-state index contributed by atoms with van der Waals surface area (Å²) < 4.78 is 37.9. The van der Waals surface area contributed by atoms with Gasteiger partial charge in [0.2, 0.25) is 0 Å². The second-order valence-electron chi connectivity index (χ2n) is 4.03. The molecule has 0 aliphatic rings. The van der Waals surface area contributed by atoms with Crippen LogP contribution in [0.4, 0.5) is 4.39 Å². The van der Waals surface area contributed by atoms with E-state index in [4.69, 9.17) is 10.2 Å². The number of carbonyl (C=O) groups is 1. The zero-order chi connectivity index (χ0) is 14.8. The lowest BCUT2D eigenvalue weighted by atomic mass is 10.2. The average Bonchev–Trinajstić information content (AvgIpc) is 2.28. The van der Waals surface area contributed by atoms with Gasteiger partial charge < -0.3 is 10.2 Å². The maximum Gasteiger partial charge on any atom is 0.338 e. The van der Waals surface area contributed by atoms with E-state index in [1.165, 1.54) is 6.92 Å². The maximum atomic E-state index is 13.9. The smallest absolute Gasteiger partial charge is 0.338 e. The predicted molar refractivity (Wildman–Crippen MR) is 69.4 cm³/mol. The van der Waals surface area contributed by atoms with Gasteiger partial charge in [-0.1, -0.05) is 15.9 Å². The van der Waals surface area contributed by atoms with Crippen LogP contribution in [0.15, 0.2) is 21.5 Å². The number of benzene rings is 1. The molecular formula is C11H12BrFO5S. The van der Waals surface area contributed by atoms with Gasteiger partial charge in [-0.05, 0) is 25.5 Å². The second kappa shape index (κ2) is 5.98. The van der Waals surface area contributed by atoms with Crippen molar-refractivity contribution in [2.75, 3.05) is 5.75 Å². The molecular weight excluding hydrogens is 343 g/mol. The molecule has 0 spiro atoms. The van der Waals surface area contributed by atoms with E-state index in [1.807, 2.05) is 0 Å². The number of aliphatic hydroxyl groups is 1. The predicted octanol–water partition coefficient (Wildman–Crippen LogP) is 1.83. The van der Waals surface area contributed by atoms with Crippen molar-refractivity contribution in [2.45, 2.75) is 24.3 Å². The standard InChI is InChI=1S/C11H12BrFO5S/c1-6(14)2-3-19(17,18)9-5-7(12)4-8(10(9)13)11(15)16/h4-6,14H,2-3H2,1H3,(H,15,16). The van der Waals surface area contributed by atoms with Gasteiger partial charge in [-0.15, -0.1) is 0 Å². The van der Waals surface area contributed by atoms with Crippen molar-refractivity contribution in [1.29, 1.82) is 0 Å². The van der Waals surface area contributed by atoms with Gasteiger partial charge in [-0.25, -0.2) is 17.6 Å². The maximum absolute atomic E-state index is 13.9. The van der Waals surface area contributed by atoms with Crippen LogP contribution in [0, 0.1) is 5.82 Å². The molecule has 1 unspecified atom stereocenters. The van der Waals surface area contributed by atoms with Gasteiger partial charge in [0.15, 0.2) is 15.7 Å². The number of halogens is 2. The lowest BCUT2D eigenvalue weighted by Crippen LogP contribution is -2.15. The number of hydrogen-bond acceptors (Lipinski definition) is 4. The number of carboxylic acid groups (broad SMARTS) is 1. The van der Waals surface area contributed by atoms with Crippen LogP contribution in [-0.2, 0) is 9.84 Å². The molecule has 0 aliphatic carbocycles. The van der Waals surface area contributed by atoms with Crippen molar-refractivity contribution in [3.05, 3.63) is 28.0 Å². The van der Waals surface area contributed by atoms with Crippen molar-refractivity contribution in [1.82, 2.24) is 0 Å². The highest BCUT2D eigenvalue weighted by Gasteiger charge is 2.25. The van der Waals surface area contributed by atoms with Crippen LogP contribution in [0.25, 0.3) is 0 Å². The van der Waals surface area contributed by atoms with Crippen molar-refractivity contribution in [2.24, 2.45) is 0 Å². The van der Waals surface area contributed by atoms with Gasteiger partial charge in [0.05, 0.1) is 17.4 Å². The summed E-state index contributed by atoms with van der Waals surface area (Å²) in [4.78, 5) is 10.1. The van der Waals surface area contributed by atoms with Crippen molar-refractivity contribution < 1.29 is 27.8 Å². The molecule has 106 valence electrons. The van der Waals surface area contributed by atoms with Gasteiger partial charge in [-0.2, -0.15) is 0 Å². The highest BCUT2D eigenvalue weighted by atomic mass is 79.9. The molecule has 1 rings (SSSR count). The topological polar surface area (TPSA) is 91.7 Å². The first-order valence-corrected chi connectivity index (χ1v) is 7.73. The molecule has 0 aromatic heterocycles. The number of aromatic carboxylic acids is 1. The molecule has 0 heterocycles. The van der Waals surface area contributed by atoms with Crippen molar-refractivity contribution in [3.63, 3.8) is 0 Å². The van der Waals surface area contributed by atoms with E-state index < -0.39 is 43.9 Å². The van der Waals surface area contributed by atoms with Gasteiger partial charge >= 0.3 is 5.97 Å². The summed E-state index contributed by atoms with van der Waals surface area (Å²) in [5.74, 6) is -3.30. The summed E-state index contributed by atoms with van der Waals surface area (Å²) in [7, 11) is -3.99. The van der Waals surface area contributed by atoms with Gasteiger partial charge in [-0.3, -0.25) is 0 Å². The first-order valence-electron chi connectivity index (χ1n) is 5.28. The molecule has 0 bridgehead atoms. The summed E-state index contributed by atoms with van der Waals surface area (Å²) >= 11 is 2.94. The highest BCUT2D eigenvalue weighted by molar-refractivity contribution is 9.10. The number of carboxylic acids is 1. The van der Waals surface area contributed by atoms with E-state index in [0.717, 1.165) is 12.1 Å². The Balaban J connectivity index is 3.31. The summed E-state index contributed by atoms with van der Waals surface area (Å²) in [5.41, 5.74) is -0.718. The fraction of sp³-hybridized carbons (Fsp3) is 0.364. The van der Waals surface area contributed by atoms with Crippen LogP contribution >= 0.6 is 15.9 Å². The highest BCUT2D eigenvalue weighted by Crippen LogP contribution is 2.25. The molecule has 0 amide bonds. The molecule has 0 aliphatic heterocycles. The molecule has 1 atom stereocenters. The molecule has 19 heavy (non-hydrogen) atoms. The van der Waals surface area contributed by atoms with Crippen molar-refractivity contribution in [3.8, 4) is 0 Å². The minimum Gasteiger partial charge on any atom is -0.478 e. The van der Waals surface area contributed by atoms with E-state index in [0.29, 0.717) is 0 Å². The SMILES string of the molecule is CC(O)CCS(=O)(=O)c1cc(Br)cc(C(=O)O)c1F. The van der Waals surface area contributed by atoms with Crippen LogP contribution in [0.1, 0.15) is 23.7 Å². The molecule has 1 aromatic carbocycles. The molecule has 0 saturated heterocycles. The van der Waals surface area contributed by atoms with Crippen LogP contribution < -0.4 is 0 Å². The lowest BCUT2D eigenvalue weighted by Gasteiger charge is -2.09. The Bertz CT molecular complexity index is 597. The molecule has 5 nitrogen and oxygen atoms in total. The minimum absolute atomic E-state index is 0.0588. The summed E-state index contributed by atoms with van der Waals surface area (Å²) in [6, 6.07) is 2.00. The zero-order valence-corrected chi connectivity index (χ0v) is 12.3. The molecule has 0 saturated carbocycles. The van der Waals surface area contributed by atoms with E-state index >= 15 is 0 Å². The zero-order valence-electron chi connectivity index (χ0n) is 9.93. The number of hydrogen-bond donors (Lipinski definition) is 2. The second-order valence-corrected chi connectivity index (χ2v) is 7.02. The Morgan fingerprint density at radius 1 is 1.47 bits per heavy atom. The third kappa shape index (κ3) is 3.99. The van der Waals surface area contributed by atoms with Crippen LogP contribution in [-0.4, -0.2) is 36.5 Å². The minimum atomic E-state index is -3.99. The van der Waals surface area contributed by atoms with E-state index in [2.05, 4.69) is 15.9 Å². The van der Waals surface area contributed by atoms with E-state index in [-0.39, 0.29) is 10.9 Å². The molecule has 0 fully saturated rings. The molecule has 8 heteroatoms. The lowest BCUT2D eigenvalue weighted by molar-refractivity contribution is 0.0691. The van der Waals surface area contributed by atoms with E-state index in [1.54, 1.807) is 0 Å². The first kappa shape index (κ1) is 16.1. The Morgan fingerprint density at radius 2 is 2.05 bits per heavy atom. The number of rotatable bonds is 5. The number of sulfone groups is 1. The van der Waals surface area contributed by atoms with Crippen molar-refractivity contribution >= 4 is 31.7 Å². The summed E-state index contributed by atoms with van der Waals surface area (Å²) in [5, 5.41) is 17.9. The Kier molecular flexibility index (Phi) is 5.05. The third-order valence-corrected chi connectivity index (χ3v) is 4.57. The monoisotopic (exact) mass is 354 g/mol. The molecule has 2 N–H and O–H groups in total. The Hall–Kier alpha value is -0.990. The largest absolute Gasteiger partial charge is 0.478 e. The number of aliphatic hydroxyl groups excluding tert-OH is 1. The van der Waals surface area contributed by atoms with E-state index in [9.17, 15) is 17.6 Å². The Labute approximate surface area is 118 Å². The Morgan fingerprint density at radius 3 is 2.53 bits per heavy atom. The third-order valence-electron chi connectivity index (χ3n) is 2.37. The fourth-order valence-electron chi connectivity index (χ4n) is 1.38. The van der Waals surface area contributed by atoms with Crippen LogP contribution in [0.5, 0.6) is 0 Å². The molecule has 1 aromatic rings. The summed E-state index contributed by atoms with van der Waals surface area (Å²) in [6.45, 7) is 1.41. The molecule has 0 radical (unpaired) electrons. The van der Waals surface area contributed by atoms with Gasteiger partial charge in [0.25, 0.3) is 0 Å². The average molecular weight is 355 g/mol. The van der Waals surface area contributed by atoms with Crippen LogP contribution in [0.2, 0.25) is 0 Å². The van der Waals surface area contributed by atoms with Crippen LogP contribution in [0.3, 0.4) is 0 Å². The normalized spacial score (nSPS) is 13.3. The quantitative estimate of drug-likeness (QED) is 0.841. The fourth-order valence-corrected chi connectivity index (χ4v) is 3.55. The van der Waals surface area contributed by atoms with Gasteiger partial charge in [0, 0.05) is 4.47 Å². The first-order chi connectivity index (χ1) is 8.65. The van der Waals surface area contributed by atoms with Gasteiger partial charge in [0.1, 0.15) is 4.90 Å².